The molecule has 0 aliphatic rings. The zero-order valence-electron chi connectivity index (χ0n) is 20.5. The lowest BCUT2D eigenvalue weighted by Crippen LogP contribution is -2.57. The molecule has 0 bridgehead atoms. The number of carboxylic acid groups (broad SMARTS) is 1. The first kappa shape index (κ1) is 27.9. The Hall–Kier alpha value is -4.71. The summed E-state index contributed by atoms with van der Waals surface area (Å²) in [6, 6.07) is 12.6. The fraction of sp³-hybridized carbons (Fsp3) is 0.269. The minimum absolute atomic E-state index is 0.0371. The molecule has 3 atom stereocenters. The second-order valence-electron chi connectivity index (χ2n) is 8.76. The van der Waals surface area contributed by atoms with E-state index in [1.165, 1.54) is 0 Å². The third-order valence-corrected chi connectivity index (χ3v) is 5.82. The van der Waals surface area contributed by atoms with Crippen LogP contribution in [0.25, 0.3) is 10.9 Å². The van der Waals surface area contributed by atoms with Gasteiger partial charge in [0.25, 0.3) is 0 Å². The second-order valence-corrected chi connectivity index (χ2v) is 8.76. The number of nitrogens with one attached hydrogen (secondary N) is 4. The van der Waals surface area contributed by atoms with E-state index < -0.39 is 60.7 Å². The molecule has 38 heavy (non-hydrogen) atoms. The van der Waals surface area contributed by atoms with Gasteiger partial charge in [-0.1, -0.05) is 48.5 Å². The van der Waals surface area contributed by atoms with Gasteiger partial charge in [0.2, 0.25) is 23.6 Å². The van der Waals surface area contributed by atoms with Crippen LogP contribution in [0.5, 0.6) is 0 Å². The summed E-state index contributed by atoms with van der Waals surface area (Å²) in [5, 5.41) is 17.0. The summed E-state index contributed by atoms with van der Waals surface area (Å²) in [5.74, 6) is -4.39. The number of H-pyrrole nitrogens is 1. The van der Waals surface area contributed by atoms with Gasteiger partial charge in [0.05, 0.1) is 12.5 Å². The molecule has 2 aromatic carbocycles. The number of carbonyl (C=O) groups is 5. The van der Waals surface area contributed by atoms with Crippen molar-refractivity contribution in [3.8, 4) is 0 Å². The predicted octanol–water partition coefficient (Wildman–Crippen LogP) is -0.674. The Balaban J connectivity index is 1.71. The number of carbonyl (C=O) groups excluding carboxylic acids is 4. The molecule has 3 aromatic rings. The van der Waals surface area contributed by atoms with E-state index >= 15 is 0 Å². The summed E-state index contributed by atoms with van der Waals surface area (Å²) in [6.45, 7) is -0.649. The van der Waals surface area contributed by atoms with Crippen LogP contribution in [0.15, 0.2) is 60.8 Å². The van der Waals surface area contributed by atoms with E-state index in [9.17, 15) is 24.0 Å². The molecule has 0 radical (unpaired) electrons. The Morgan fingerprint density at radius 3 is 2.18 bits per heavy atom. The molecule has 0 aliphatic carbocycles. The molecule has 12 heteroatoms. The molecule has 12 nitrogen and oxygen atoms in total. The lowest BCUT2D eigenvalue weighted by molar-refractivity contribution is -0.138. The van der Waals surface area contributed by atoms with E-state index in [4.69, 9.17) is 16.6 Å². The first-order valence-electron chi connectivity index (χ1n) is 11.9. The van der Waals surface area contributed by atoms with Gasteiger partial charge in [0, 0.05) is 23.5 Å². The molecule has 0 fully saturated rings. The summed E-state index contributed by atoms with van der Waals surface area (Å²) >= 11 is 0. The monoisotopic (exact) mass is 522 g/mol. The molecule has 0 saturated carbocycles. The van der Waals surface area contributed by atoms with E-state index in [1.807, 2.05) is 24.3 Å². The number of benzene rings is 2. The standard InChI is InChI=1S/C26H30N6O6/c27-18(11-16-13-29-19-9-5-4-8-17(16)19)24(36)31-21(12-22(28)33)26(38)32-20(25(37)30-14-23(34)35)10-15-6-2-1-3-7-15/h1-9,13,18,20-21,29H,10-12,14,27H2,(H2,28,33)(H,30,37)(H,31,36)(H,32,38)(H,34,35). The largest absolute Gasteiger partial charge is 0.480 e. The van der Waals surface area contributed by atoms with Crippen molar-refractivity contribution >= 4 is 40.5 Å². The van der Waals surface area contributed by atoms with E-state index in [2.05, 4.69) is 20.9 Å². The zero-order valence-corrected chi connectivity index (χ0v) is 20.5. The Labute approximate surface area is 218 Å². The lowest BCUT2D eigenvalue weighted by atomic mass is 10.0. The predicted molar refractivity (Wildman–Crippen MR) is 138 cm³/mol. The van der Waals surface area contributed by atoms with Gasteiger partial charge in [-0.25, -0.2) is 0 Å². The molecule has 9 N–H and O–H groups in total. The molecule has 0 aliphatic heterocycles. The van der Waals surface area contributed by atoms with Crippen LogP contribution in [0.1, 0.15) is 17.5 Å². The van der Waals surface area contributed by atoms with E-state index in [-0.39, 0.29) is 12.8 Å². The molecule has 200 valence electrons. The van der Waals surface area contributed by atoms with Gasteiger partial charge >= 0.3 is 5.97 Å². The van der Waals surface area contributed by atoms with Crippen molar-refractivity contribution in [1.82, 2.24) is 20.9 Å². The number of hydrogen-bond donors (Lipinski definition) is 7. The van der Waals surface area contributed by atoms with Crippen LogP contribution in [0.4, 0.5) is 0 Å². The van der Waals surface area contributed by atoms with Gasteiger partial charge in [-0.15, -0.1) is 0 Å². The van der Waals surface area contributed by atoms with Crippen LogP contribution in [-0.2, 0) is 36.8 Å². The van der Waals surface area contributed by atoms with Gasteiger partial charge in [0.1, 0.15) is 18.6 Å². The minimum Gasteiger partial charge on any atom is -0.480 e. The highest BCUT2D eigenvalue weighted by molar-refractivity contribution is 5.96. The van der Waals surface area contributed by atoms with Gasteiger partial charge < -0.3 is 37.5 Å². The third kappa shape index (κ3) is 7.90. The van der Waals surface area contributed by atoms with Gasteiger partial charge in [-0.05, 0) is 23.6 Å². The number of aliphatic carboxylic acids is 1. The van der Waals surface area contributed by atoms with Gasteiger partial charge in [0.15, 0.2) is 0 Å². The van der Waals surface area contributed by atoms with Crippen LogP contribution in [0.3, 0.4) is 0 Å². The number of rotatable bonds is 13. The Kier molecular flexibility index (Phi) is 9.54. The molecule has 3 unspecified atom stereocenters. The SMILES string of the molecule is NC(=O)CC(NC(=O)C(N)Cc1c[nH]c2ccccc12)C(=O)NC(Cc1ccccc1)C(=O)NCC(=O)O. The quantitative estimate of drug-likeness (QED) is 0.154. The Morgan fingerprint density at radius 1 is 0.842 bits per heavy atom. The number of para-hydroxylation sites is 1. The molecule has 3 rings (SSSR count). The van der Waals surface area contributed by atoms with Crippen LogP contribution in [0, 0.1) is 0 Å². The fourth-order valence-corrected chi connectivity index (χ4v) is 3.94. The number of hydrogen-bond acceptors (Lipinski definition) is 6. The smallest absolute Gasteiger partial charge is 0.322 e. The van der Waals surface area contributed by atoms with Crippen LogP contribution in [-0.4, -0.2) is 64.4 Å². The van der Waals surface area contributed by atoms with Crippen LogP contribution >= 0.6 is 0 Å². The van der Waals surface area contributed by atoms with Gasteiger partial charge in [-0.2, -0.15) is 0 Å². The van der Waals surface area contributed by atoms with Crippen molar-refractivity contribution in [1.29, 1.82) is 0 Å². The minimum atomic E-state index is -1.40. The summed E-state index contributed by atoms with van der Waals surface area (Å²) < 4.78 is 0. The summed E-state index contributed by atoms with van der Waals surface area (Å²) in [6.07, 6.45) is 1.41. The number of fused-ring (bicyclic) bond motifs is 1. The number of carboxylic acids is 1. The van der Waals surface area contributed by atoms with Crippen LogP contribution in [0.2, 0.25) is 0 Å². The molecule has 4 amide bonds. The molecular weight excluding hydrogens is 492 g/mol. The highest BCUT2D eigenvalue weighted by Crippen LogP contribution is 2.18. The number of primary amides is 1. The topological polar surface area (TPSA) is 209 Å². The normalized spacial score (nSPS) is 13.2. The maximum atomic E-state index is 13.1. The van der Waals surface area contributed by atoms with Crippen molar-refractivity contribution < 1.29 is 29.1 Å². The van der Waals surface area contributed by atoms with E-state index in [0.29, 0.717) is 5.56 Å². The number of nitrogens with two attached hydrogens (primary N) is 2. The molecule has 0 saturated heterocycles. The maximum Gasteiger partial charge on any atom is 0.322 e. The summed E-state index contributed by atoms with van der Waals surface area (Å²) in [7, 11) is 0. The molecule has 1 aromatic heterocycles. The zero-order chi connectivity index (χ0) is 27.7. The summed E-state index contributed by atoms with van der Waals surface area (Å²) in [4.78, 5) is 64.3. The first-order chi connectivity index (χ1) is 18.1. The van der Waals surface area contributed by atoms with Crippen molar-refractivity contribution in [2.45, 2.75) is 37.4 Å². The third-order valence-electron chi connectivity index (χ3n) is 5.82. The molecule has 0 spiro atoms. The number of aromatic nitrogens is 1. The Bertz CT molecular complexity index is 1310. The second kappa shape index (κ2) is 13.0. The van der Waals surface area contributed by atoms with E-state index in [1.54, 1.807) is 36.5 Å². The van der Waals surface area contributed by atoms with E-state index in [0.717, 1.165) is 16.5 Å². The van der Waals surface area contributed by atoms with Gasteiger partial charge in [-0.3, -0.25) is 24.0 Å². The maximum absolute atomic E-state index is 13.1. The molecular formula is C26H30N6O6. The van der Waals surface area contributed by atoms with Crippen molar-refractivity contribution in [2.24, 2.45) is 11.5 Å². The lowest BCUT2D eigenvalue weighted by Gasteiger charge is -2.23. The fourth-order valence-electron chi connectivity index (χ4n) is 3.94. The van der Waals surface area contributed by atoms with Crippen LogP contribution < -0.4 is 27.4 Å². The van der Waals surface area contributed by atoms with Crippen molar-refractivity contribution in [3.63, 3.8) is 0 Å². The van der Waals surface area contributed by atoms with Crippen molar-refractivity contribution in [3.05, 3.63) is 71.9 Å². The molecule has 1 heterocycles. The summed E-state index contributed by atoms with van der Waals surface area (Å²) in [5.41, 5.74) is 13.8. The average Bonchev–Trinajstić information content (AvgIpc) is 3.29. The first-order valence-corrected chi connectivity index (χ1v) is 11.9. The Morgan fingerprint density at radius 2 is 1.50 bits per heavy atom. The van der Waals surface area contributed by atoms with Crippen molar-refractivity contribution in [2.75, 3.05) is 6.54 Å². The highest BCUT2D eigenvalue weighted by Gasteiger charge is 2.30. The highest BCUT2D eigenvalue weighted by atomic mass is 16.4. The average molecular weight is 523 g/mol. The number of aromatic amines is 1. The number of amides is 4.